The number of carbonyl (C=O) groups excluding carboxylic acids is 5. The lowest BCUT2D eigenvalue weighted by Crippen LogP contribution is -2.66. The first-order valence-corrected chi connectivity index (χ1v) is 24.1. The summed E-state index contributed by atoms with van der Waals surface area (Å²) in [6, 6.07) is 35.1. The average Bonchev–Trinajstić information content (AvgIpc) is 3.67. The topological polar surface area (TPSA) is 122 Å². The molecule has 0 bridgehead atoms. The number of hydrogen-bond acceptors (Lipinski definition) is 9. The summed E-state index contributed by atoms with van der Waals surface area (Å²) in [5.41, 5.74) is 1.12. The van der Waals surface area contributed by atoms with Gasteiger partial charge in [-0.05, 0) is 129 Å². The third-order valence-corrected chi connectivity index (χ3v) is 17.0. The molecule has 0 saturated heterocycles. The van der Waals surface area contributed by atoms with Gasteiger partial charge < -0.3 is 18.9 Å². The Bertz CT molecular complexity index is 2510. The Morgan fingerprint density at radius 2 is 1.13 bits per heavy atom. The summed E-state index contributed by atoms with van der Waals surface area (Å²) in [6.07, 6.45) is 2.68. The second-order valence-electron chi connectivity index (χ2n) is 21.5. The minimum atomic E-state index is -1.49. The Balaban J connectivity index is 1.20. The Labute approximate surface area is 396 Å². The number of Topliss-reactive ketones (excluding diaryl/α,β-unsaturated/α-hetero) is 1. The van der Waals surface area contributed by atoms with E-state index >= 15 is 0 Å². The molecule has 4 aliphatic carbocycles. The molecule has 0 heterocycles. The fourth-order valence-corrected chi connectivity index (χ4v) is 13.4. The summed E-state index contributed by atoms with van der Waals surface area (Å²) >= 11 is 0. The molecule has 0 unspecified atom stereocenters. The van der Waals surface area contributed by atoms with Crippen LogP contribution < -0.4 is 0 Å². The van der Waals surface area contributed by atoms with Gasteiger partial charge in [0.2, 0.25) is 0 Å². The van der Waals surface area contributed by atoms with Crippen LogP contribution in [-0.4, -0.2) is 53.6 Å². The number of fused-ring (bicyclic) bond motifs is 5. The Kier molecular flexibility index (Phi) is 13.0. The van der Waals surface area contributed by atoms with Gasteiger partial charge in [0.25, 0.3) is 0 Å². The molecular weight excluding hydrogens is 841 g/mol. The quantitative estimate of drug-likeness (QED) is 0.0733. The fraction of sp³-hybridized carbons (Fsp3) is 0.466. The molecule has 0 spiro atoms. The van der Waals surface area contributed by atoms with Crippen LogP contribution in [0.1, 0.15) is 148 Å². The molecule has 352 valence electrons. The maximum Gasteiger partial charge on any atom is 0.338 e. The minimum absolute atomic E-state index is 0.0105. The van der Waals surface area contributed by atoms with E-state index in [4.69, 9.17) is 18.9 Å². The molecule has 67 heavy (non-hydrogen) atoms. The van der Waals surface area contributed by atoms with E-state index in [0.717, 1.165) is 32.1 Å². The Morgan fingerprint density at radius 1 is 0.642 bits per heavy atom. The lowest BCUT2D eigenvalue weighted by Gasteiger charge is -2.69. The van der Waals surface area contributed by atoms with Gasteiger partial charge in [-0.1, -0.05) is 125 Å². The summed E-state index contributed by atoms with van der Waals surface area (Å²) in [5, 5.41) is 0. The molecule has 3 fully saturated rings. The molecule has 4 aliphatic rings. The van der Waals surface area contributed by atoms with E-state index in [-0.39, 0.29) is 46.4 Å². The summed E-state index contributed by atoms with van der Waals surface area (Å²) in [5.74, 6) is -1.99. The van der Waals surface area contributed by atoms with Crippen molar-refractivity contribution in [1.82, 2.24) is 0 Å². The number of benzene rings is 4. The molecule has 0 aromatic heterocycles. The van der Waals surface area contributed by atoms with Crippen molar-refractivity contribution in [2.75, 3.05) is 0 Å². The second kappa shape index (κ2) is 18.3. The third kappa shape index (κ3) is 8.79. The molecule has 0 aliphatic heterocycles. The van der Waals surface area contributed by atoms with Gasteiger partial charge in [0.1, 0.15) is 23.6 Å². The third-order valence-electron chi connectivity index (χ3n) is 17.0. The number of ether oxygens (including phenoxy) is 4. The van der Waals surface area contributed by atoms with Crippen molar-refractivity contribution in [1.29, 1.82) is 0 Å². The number of carbonyl (C=O) groups is 5. The first-order chi connectivity index (χ1) is 31.8. The smallest absolute Gasteiger partial charge is 0.338 e. The largest absolute Gasteiger partial charge is 0.458 e. The summed E-state index contributed by atoms with van der Waals surface area (Å²) in [4.78, 5) is 69.8. The van der Waals surface area contributed by atoms with Crippen molar-refractivity contribution in [3.8, 4) is 0 Å². The maximum absolute atomic E-state index is 14.2. The number of hydrogen-bond donors (Lipinski definition) is 0. The zero-order valence-electron chi connectivity index (χ0n) is 40.3. The van der Waals surface area contributed by atoms with E-state index in [0.29, 0.717) is 40.9 Å². The van der Waals surface area contributed by atoms with Crippen LogP contribution in [0.2, 0.25) is 0 Å². The van der Waals surface area contributed by atoms with E-state index < -0.39 is 47.2 Å². The van der Waals surface area contributed by atoms with Gasteiger partial charge in [-0.25, -0.2) is 19.2 Å². The van der Waals surface area contributed by atoms with Crippen molar-refractivity contribution in [3.05, 3.63) is 155 Å². The van der Waals surface area contributed by atoms with Gasteiger partial charge in [-0.15, -0.1) is 0 Å². The summed E-state index contributed by atoms with van der Waals surface area (Å²) in [7, 11) is 0. The molecule has 4 aromatic carbocycles. The maximum atomic E-state index is 14.2. The monoisotopic (exact) mass is 906 g/mol. The van der Waals surface area contributed by atoms with Crippen LogP contribution in [0.25, 0.3) is 0 Å². The lowest BCUT2D eigenvalue weighted by atomic mass is 9.36. The molecule has 8 rings (SSSR count). The predicted molar refractivity (Wildman–Crippen MR) is 256 cm³/mol. The highest BCUT2D eigenvalue weighted by atomic mass is 16.6. The van der Waals surface area contributed by atoms with Crippen LogP contribution in [-0.2, 0) is 23.7 Å². The van der Waals surface area contributed by atoms with Gasteiger partial charge >= 0.3 is 23.9 Å². The molecule has 3 saturated carbocycles. The second-order valence-corrected chi connectivity index (χ2v) is 21.5. The highest BCUT2D eigenvalue weighted by Crippen LogP contribution is 2.74. The van der Waals surface area contributed by atoms with Gasteiger partial charge in [-0.2, -0.15) is 0 Å². The Hall–Kier alpha value is -5.83. The van der Waals surface area contributed by atoms with Crippen molar-refractivity contribution >= 4 is 29.7 Å². The zero-order chi connectivity index (χ0) is 47.9. The molecule has 0 radical (unpaired) electrons. The standard InChI is InChI=1S/C58H66O9/c1-37(35-45(65-51(61)39-23-15-10-16-24-39)49(66-52(62)40-25-17-11-18-26-40)55(4,5)67-53(63)41-27-19-12-20-28-41)42-29-33-57(7)43(42)36-44(64-50(60)38-21-13-9-14-22-38)48-56(6)32-31-47(59)54(2,3)46(56)30-34-58(48,57)8/h9-28,37,44-46,48-49H,29-36H2,1-8H3/t37-,44+,45+,46+,48+,49-,56+,57+,58+/m1/s1. The van der Waals surface area contributed by atoms with Crippen LogP contribution >= 0.6 is 0 Å². The van der Waals surface area contributed by atoms with Gasteiger partial charge in [0, 0.05) is 24.2 Å². The number of ketones is 1. The van der Waals surface area contributed by atoms with Crippen LogP contribution in [0, 0.1) is 39.4 Å². The highest BCUT2D eigenvalue weighted by molar-refractivity contribution is 5.92. The predicted octanol–water partition coefficient (Wildman–Crippen LogP) is 12.3. The molecule has 4 aromatic rings. The molecule has 0 N–H and O–H groups in total. The van der Waals surface area contributed by atoms with Crippen molar-refractivity contribution < 1.29 is 42.9 Å². The summed E-state index contributed by atoms with van der Waals surface area (Å²) in [6.45, 7) is 16.9. The van der Waals surface area contributed by atoms with Gasteiger partial charge in [0.15, 0.2) is 6.10 Å². The van der Waals surface area contributed by atoms with E-state index in [9.17, 15) is 24.0 Å². The number of allylic oxidation sites excluding steroid dienone is 1. The van der Waals surface area contributed by atoms with E-state index in [2.05, 4.69) is 41.5 Å². The average molecular weight is 907 g/mol. The first kappa shape index (κ1) is 47.7. The molecule has 9 nitrogen and oxygen atoms in total. The van der Waals surface area contributed by atoms with Gasteiger partial charge in [-0.3, -0.25) is 4.79 Å². The van der Waals surface area contributed by atoms with Gasteiger partial charge in [0.05, 0.1) is 22.3 Å². The fourth-order valence-electron chi connectivity index (χ4n) is 13.4. The van der Waals surface area contributed by atoms with E-state index in [1.54, 1.807) is 105 Å². The Morgan fingerprint density at radius 3 is 1.67 bits per heavy atom. The molecular formula is C58H66O9. The van der Waals surface area contributed by atoms with Crippen LogP contribution in [0.15, 0.2) is 132 Å². The van der Waals surface area contributed by atoms with Crippen LogP contribution in [0.4, 0.5) is 0 Å². The zero-order valence-corrected chi connectivity index (χ0v) is 40.3. The number of rotatable bonds is 13. The highest BCUT2D eigenvalue weighted by Gasteiger charge is 2.70. The SMILES string of the molecule is C[C@H](C[C@H](OC(=O)c1ccccc1)[C@@H](OC(=O)c1ccccc1)C(C)(C)OC(=O)c1ccccc1)C1=C2C[C@H](OC(=O)c3ccccc3)[C@H]3[C@@]4(C)CCC(=O)C(C)(C)[C@@H]4CC[C@]3(C)[C@@]2(C)CC1. The van der Waals surface area contributed by atoms with Crippen LogP contribution in [0.5, 0.6) is 0 Å². The number of esters is 4. The normalized spacial score (nSPS) is 27.8. The van der Waals surface area contributed by atoms with Crippen molar-refractivity contribution in [2.24, 2.45) is 39.4 Å². The first-order valence-electron chi connectivity index (χ1n) is 24.1. The van der Waals surface area contributed by atoms with E-state index in [1.807, 2.05) is 30.3 Å². The van der Waals surface area contributed by atoms with Crippen molar-refractivity contribution in [2.45, 2.75) is 131 Å². The van der Waals surface area contributed by atoms with Crippen LogP contribution in [0.3, 0.4) is 0 Å². The van der Waals surface area contributed by atoms with E-state index in [1.165, 1.54) is 11.1 Å². The minimum Gasteiger partial charge on any atom is -0.458 e. The molecule has 9 atom stereocenters. The molecule has 0 amide bonds. The van der Waals surface area contributed by atoms with Crippen molar-refractivity contribution in [3.63, 3.8) is 0 Å². The molecule has 9 heteroatoms. The summed E-state index contributed by atoms with van der Waals surface area (Å²) < 4.78 is 26.0. The lowest BCUT2D eigenvalue weighted by molar-refractivity contribution is -0.208.